The lowest BCUT2D eigenvalue weighted by atomic mass is 10.2. The van der Waals surface area contributed by atoms with Crippen molar-refractivity contribution in [3.63, 3.8) is 0 Å². The van der Waals surface area contributed by atoms with Crippen LogP contribution in [0, 0.1) is 6.92 Å². The van der Waals surface area contributed by atoms with E-state index in [1.54, 1.807) is 6.20 Å². The third-order valence-electron chi connectivity index (χ3n) is 3.03. The first kappa shape index (κ1) is 11.6. The van der Waals surface area contributed by atoms with Gasteiger partial charge in [-0.25, -0.2) is 0 Å². The molecular formula is C17H14N2. The molecule has 19 heavy (non-hydrogen) atoms. The number of hydrogen-bond donors (Lipinski definition) is 0. The molecule has 2 nitrogen and oxygen atoms in total. The van der Waals surface area contributed by atoms with Crippen molar-refractivity contribution in [1.29, 1.82) is 0 Å². The van der Waals surface area contributed by atoms with Crippen LogP contribution in [0.5, 0.6) is 0 Å². The first-order chi connectivity index (χ1) is 9.31. The number of pyridine rings is 1. The van der Waals surface area contributed by atoms with Crippen LogP contribution in [0.3, 0.4) is 0 Å². The highest BCUT2D eigenvalue weighted by atomic mass is 14.7. The molecule has 0 fully saturated rings. The monoisotopic (exact) mass is 246 g/mol. The first-order valence-electron chi connectivity index (χ1n) is 6.27. The van der Waals surface area contributed by atoms with Crippen LogP contribution in [-0.2, 0) is 0 Å². The molecule has 0 N–H and O–H groups in total. The number of rotatable bonds is 2. The van der Waals surface area contributed by atoms with Crippen molar-refractivity contribution in [2.24, 2.45) is 4.99 Å². The average molecular weight is 246 g/mol. The fourth-order valence-electron chi connectivity index (χ4n) is 1.94. The number of aryl methyl sites for hydroxylation is 1. The molecule has 0 saturated carbocycles. The summed E-state index contributed by atoms with van der Waals surface area (Å²) >= 11 is 0. The predicted molar refractivity (Wildman–Crippen MR) is 80.2 cm³/mol. The van der Waals surface area contributed by atoms with Gasteiger partial charge in [0.25, 0.3) is 0 Å². The average Bonchev–Trinajstić information content (AvgIpc) is 2.46. The Morgan fingerprint density at radius 1 is 1.00 bits per heavy atom. The summed E-state index contributed by atoms with van der Waals surface area (Å²) < 4.78 is 0. The van der Waals surface area contributed by atoms with Crippen LogP contribution in [0.4, 0.5) is 5.69 Å². The molecule has 0 atom stereocenters. The molecular weight excluding hydrogens is 232 g/mol. The Hall–Kier alpha value is -2.48. The molecule has 0 aliphatic carbocycles. The van der Waals surface area contributed by atoms with Gasteiger partial charge in [-0.05, 0) is 36.8 Å². The molecule has 3 aromatic rings. The van der Waals surface area contributed by atoms with Gasteiger partial charge < -0.3 is 0 Å². The van der Waals surface area contributed by atoms with Gasteiger partial charge in [0.1, 0.15) is 0 Å². The van der Waals surface area contributed by atoms with Gasteiger partial charge in [0, 0.05) is 17.8 Å². The van der Waals surface area contributed by atoms with Crippen molar-refractivity contribution >= 4 is 22.8 Å². The molecule has 92 valence electrons. The lowest BCUT2D eigenvalue weighted by Crippen LogP contribution is -1.81. The number of benzene rings is 2. The van der Waals surface area contributed by atoms with E-state index in [1.165, 1.54) is 5.56 Å². The molecule has 2 aromatic carbocycles. The third-order valence-corrected chi connectivity index (χ3v) is 3.03. The zero-order valence-electron chi connectivity index (χ0n) is 10.7. The molecule has 0 unspecified atom stereocenters. The van der Waals surface area contributed by atoms with Gasteiger partial charge in [-0.2, -0.15) is 0 Å². The van der Waals surface area contributed by atoms with Gasteiger partial charge >= 0.3 is 0 Å². The maximum absolute atomic E-state index is 4.50. The van der Waals surface area contributed by atoms with E-state index >= 15 is 0 Å². The lowest BCUT2D eigenvalue weighted by molar-refractivity contribution is 1.41. The third kappa shape index (κ3) is 2.68. The molecule has 0 amide bonds. The van der Waals surface area contributed by atoms with Gasteiger partial charge in [-0.15, -0.1) is 0 Å². The Morgan fingerprint density at radius 3 is 2.68 bits per heavy atom. The van der Waals surface area contributed by atoms with E-state index in [1.807, 2.05) is 36.5 Å². The minimum Gasteiger partial charge on any atom is -0.256 e. The quantitative estimate of drug-likeness (QED) is 0.619. The summed E-state index contributed by atoms with van der Waals surface area (Å²) in [6.45, 7) is 2.08. The molecule has 0 radical (unpaired) electrons. The van der Waals surface area contributed by atoms with Gasteiger partial charge in [0.15, 0.2) is 0 Å². The van der Waals surface area contributed by atoms with E-state index in [-0.39, 0.29) is 0 Å². The van der Waals surface area contributed by atoms with Crippen molar-refractivity contribution in [2.75, 3.05) is 0 Å². The Bertz CT molecular complexity index is 728. The second-order valence-electron chi connectivity index (χ2n) is 4.55. The predicted octanol–water partition coefficient (Wildman–Crippen LogP) is 4.29. The number of aliphatic imine (C=N–C) groups is 1. The van der Waals surface area contributed by atoms with E-state index in [9.17, 15) is 0 Å². The minimum absolute atomic E-state index is 0.945. The zero-order chi connectivity index (χ0) is 13.1. The fourth-order valence-corrected chi connectivity index (χ4v) is 1.94. The number of fused-ring (bicyclic) bond motifs is 1. The van der Waals surface area contributed by atoms with Gasteiger partial charge in [-0.3, -0.25) is 9.98 Å². The molecule has 0 bridgehead atoms. The molecule has 1 heterocycles. The van der Waals surface area contributed by atoms with E-state index in [4.69, 9.17) is 0 Å². The smallest absolute Gasteiger partial charge is 0.0703 e. The van der Waals surface area contributed by atoms with Crippen LogP contribution in [0.15, 0.2) is 65.8 Å². The molecule has 3 rings (SSSR count). The van der Waals surface area contributed by atoms with Crippen LogP contribution in [0.2, 0.25) is 0 Å². The van der Waals surface area contributed by atoms with E-state index in [0.717, 1.165) is 22.2 Å². The molecule has 0 aliphatic heterocycles. The van der Waals surface area contributed by atoms with Gasteiger partial charge in [0.05, 0.1) is 11.2 Å². The van der Waals surface area contributed by atoms with Gasteiger partial charge in [-0.1, -0.05) is 35.9 Å². The highest BCUT2D eigenvalue weighted by Crippen LogP contribution is 2.19. The topological polar surface area (TPSA) is 25.2 Å². The SMILES string of the molecule is Cc1ccc(C=Nc2ccc3ncccc3c2)cc1. The minimum atomic E-state index is 0.945. The van der Waals surface area contributed by atoms with Crippen LogP contribution in [-0.4, -0.2) is 11.2 Å². The number of nitrogens with zero attached hydrogens (tertiary/aromatic N) is 2. The van der Waals surface area contributed by atoms with Crippen molar-refractivity contribution in [1.82, 2.24) is 4.98 Å². The Labute approximate surface area is 112 Å². The van der Waals surface area contributed by atoms with E-state index in [0.29, 0.717) is 0 Å². The molecule has 0 saturated heterocycles. The molecule has 1 aromatic heterocycles. The summed E-state index contributed by atoms with van der Waals surface area (Å²) in [5, 5.41) is 1.11. The van der Waals surface area contributed by atoms with E-state index in [2.05, 4.69) is 41.2 Å². The van der Waals surface area contributed by atoms with Crippen LogP contribution in [0.1, 0.15) is 11.1 Å². The normalized spacial score (nSPS) is 11.2. The summed E-state index contributed by atoms with van der Waals surface area (Å²) in [5.41, 5.74) is 4.31. The Morgan fingerprint density at radius 2 is 1.84 bits per heavy atom. The molecule has 2 heteroatoms. The summed E-state index contributed by atoms with van der Waals surface area (Å²) in [6, 6.07) is 18.3. The molecule has 0 spiro atoms. The standard InChI is InChI=1S/C17H14N2/c1-13-4-6-14(7-5-13)12-19-16-8-9-17-15(11-16)3-2-10-18-17/h2-12H,1H3. The lowest BCUT2D eigenvalue weighted by Gasteiger charge is -1.98. The maximum atomic E-state index is 4.50. The highest BCUT2D eigenvalue weighted by molar-refractivity contribution is 5.85. The van der Waals surface area contributed by atoms with Crippen molar-refractivity contribution in [3.05, 3.63) is 71.9 Å². The summed E-state index contributed by atoms with van der Waals surface area (Å²) in [6.07, 6.45) is 3.69. The fraction of sp³-hybridized carbons (Fsp3) is 0.0588. The van der Waals surface area contributed by atoms with Crippen LogP contribution < -0.4 is 0 Å². The molecule has 0 aliphatic rings. The Balaban J connectivity index is 1.90. The van der Waals surface area contributed by atoms with Crippen LogP contribution in [0.25, 0.3) is 10.9 Å². The summed E-state index contributed by atoms with van der Waals surface area (Å²) in [7, 11) is 0. The second-order valence-corrected chi connectivity index (χ2v) is 4.55. The summed E-state index contributed by atoms with van der Waals surface area (Å²) in [4.78, 5) is 8.80. The number of hydrogen-bond acceptors (Lipinski definition) is 2. The first-order valence-corrected chi connectivity index (χ1v) is 6.27. The van der Waals surface area contributed by atoms with Crippen molar-refractivity contribution < 1.29 is 0 Å². The largest absolute Gasteiger partial charge is 0.256 e. The summed E-state index contributed by atoms with van der Waals surface area (Å²) in [5.74, 6) is 0. The maximum Gasteiger partial charge on any atom is 0.0703 e. The van der Waals surface area contributed by atoms with E-state index < -0.39 is 0 Å². The zero-order valence-corrected chi connectivity index (χ0v) is 10.7. The second kappa shape index (κ2) is 5.02. The number of aromatic nitrogens is 1. The van der Waals surface area contributed by atoms with Crippen molar-refractivity contribution in [3.8, 4) is 0 Å². The van der Waals surface area contributed by atoms with Gasteiger partial charge in [0.2, 0.25) is 0 Å². The Kier molecular flexibility index (Phi) is 3.07. The van der Waals surface area contributed by atoms with Crippen LogP contribution >= 0.6 is 0 Å². The highest BCUT2D eigenvalue weighted by Gasteiger charge is 1.95. The van der Waals surface area contributed by atoms with Crippen molar-refractivity contribution in [2.45, 2.75) is 6.92 Å².